The molecule has 146 valence electrons. The van der Waals surface area contributed by atoms with Crippen molar-refractivity contribution in [3.05, 3.63) is 92.6 Å². The number of anilines is 1. The van der Waals surface area contributed by atoms with Crippen molar-refractivity contribution in [1.29, 1.82) is 0 Å². The quantitative estimate of drug-likeness (QED) is 0.368. The topological polar surface area (TPSA) is 104 Å². The van der Waals surface area contributed by atoms with Crippen molar-refractivity contribution in [2.45, 2.75) is 13.8 Å². The first kappa shape index (κ1) is 20.2. The minimum atomic E-state index is -0.441. The Morgan fingerprint density at radius 3 is 2.24 bits per heavy atom. The Morgan fingerprint density at radius 1 is 1.03 bits per heavy atom. The van der Waals surface area contributed by atoms with Gasteiger partial charge in [-0.3, -0.25) is 19.8 Å². The Kier molecular flexibility index (Phi) is 5.99. The second-order valence-electron chi connectivity index (χ2n) is 6.28. The van der Waals surface area contributed by atoms with E-state index in [1.54, 1.807) is 55.5 Å². The van der Waals surface area contributed by atoms with Crippen LogP contribution in [0.1, 0.15) is 39.2 Å². The first-order valence-electron chi connectivity index (χ1n) is 8.67. The molecule has 0 aliphatic carbocycles. The third-order valence-electron chi connectivity index (χ3n) is 4.00. The largest absolute Gasteiger partial charge is 0.305 e. The van der Waals surface area contributed by atoms with Crippen molar-refractivity contribution in [3.63, 3.8) is 0 Å². The Hall–Kier alpha value is -3.58. The van der Waals surface area contributed by atoms with E-state index in [0.717, 1.165) is 0 Å². The van der Waals surface area contributed by atoms with Gasteiger partial charge in [-0.05, 0) is 62.4 Å². The highest BCUT2D eigenvalue weighted by atomic mass is 35.5. The summed E-state index contributed by atoms with van der Waals surface area (Å²) < 4.78 is 0. The number of hydrogen-bond acceptors (Lipinski definition) is 6. The zero-order valence-corrected chi connectivity index (χ0v) is 16.4. The van der Waals surface area contributed by atoms with Gasteiger partial charge in [0.2, 0.25) is 5.78 Å². The number of aryl methyl sites for hydroxylation is 1. The highest BCUT2D eigenvalue weighted by Crippen LogP contribution is 2.14. The van der Waals surface area contributed by atoms with Gasteiger partial charge in [-0.2, -0.15) is 5.10 Å². The van der Waals surface area contributed by atoms with Crippen molar-refractivity contribution in [1.82, 2.24) is 9.97 Å². The lowest BCUT2D eigenvalue weighted by Gasteiger charge is -2.08. The maximum atomic E-state index is 13.0. The predicted molar refractivity (Wildman–Crippen MR) is 112 cm³/mol. The van der Waals surface area contributed by atoms with E-state index in [2.05, 4.69) is 20.5 Å². The van der Waals surface area contributed by atoms with Crippen LogP contribution in [0.5, 0.6) is 0 Å². The molecule has 1 aromatic heterocycles. The second-order valence-corrected chi connectivity index (χ2v) is 6.71. The number of rotatable bonds is 6. The summed E-state index contributed by atoms with van der Waals surface area (Å²) in [4.78, 5) is 43.1. The van der Waals surface area contributed by atoms with E-state index in [1.807, 2.05) is 0 Å². The van der Waals surface area contributed by atoms with Crippen LogP contribution in [0.25, 0.3) is 0 Å². The molecule has 3 aromatic rings. The number of halogens is 1. The molecule has 0 atom stereocenters. The van der Waals surface area contributed by atoms with Gasteiger partial charge in [0.15, 0.2) is 17.3 Å². The number of aromatic amines is 1. The summed E-state index contributed by atoms with van der Waals surface area (Å²) in [7, 11) is 0. The van der Waals surface area contributed by atoms with Crippen molar-refractivity contribution in [3.8, 4) is 0 Å². The van der Waals surface area contributed by atoms with Crippen molar-refractivity contribution in [2.75, 3.05) is 5.43 Å². The number of H-pyrrole nitrogens is 1. The molecule has 0 aliphatic heterocycles. The smallest absolute Gasteiger partial charge is 0.251 e. The van der Waals surface area contributed by atoms with E-state index in [0.29, 0.717) is 27.5 Å². The standard InChI is InChI=1S/C21H17ClN4O3/c1-12-11-18(28)24-21(23-12)19(20(29)15-3-7-16(22)8-4-15)26-25-17-9-5-14(6-10-17)13(2)27/h3-11,25H,1-2H3,(H,23,24,28)/b26-19-. The normalized spacial score (nSPS) is 11.2. The third-order valence-corrected chi connectivity index (χ3v) is 4.26. The number of Topliss-reactive ketones (excluding diaryl/α,β-unsaturated/α-hetero) is 2. The van der Waals surface area contributed by atoms with E-state index in [-0.39, 0.29) is 17.3 Å². The van der Waals surface area contributed by atoms with E-state index in [4.69, 9.17) is 11.6 Å². The van der Waals surface area contributed by atoms with Crippen LogP contribution in [0.3, 0.4) is 0 Å². The fraction of sp³-hybridized carbons (Fsp3) is 0.0952. The lowest BCUT2D eigenvalue weighted by atomic mass is 10.1. The van der Waals surface area contributed by atoms with Gasteiger partial charge in [0.05, 0.1) is 5.69 Å². The Morgan fingerprint density at radius 2 is 1.66 bits per heavy atom. The molecule has 0 saturated heterocycles. The maximum absolute atomic E-state index is 13.0. The van der Waals surface area contributed by atoms with Crippen LogP contribution in [-0.4, -0.2) is 27.2 Å². The molecule has 0 spiro atoms. The van der Waals surface area contributed by atoms with Gasteiger partial charge in [-0.15, -0.1) is 0 Å². The molecule has 2 N–H and O–H groups in total. The van der Waals surface area contributed by atoms with Crippen LogP contribution in [0.15, 0.2) is 64.5 Å². The van der Waals surface area contributed by atoms with E-state index in [1.165, 1.54) is 13.0 Å². The van der Waals surface area contributed by atoms with Gasteiger partial charge in [0.25, 0.3) is 5.56 Å². The molecule has 2 aromatic carbocycles. The first-order valence-corrected chi connectivity index (χ1v) is 9.04. The average molecular weight is 409 g/mol. The third kappa shape index (κ3) is 5.03. The molecule has 0 unspecified atom stereocenters. The second kappa shape index (κ2) is 8.62. The average Bonchev–Trinajstić information content (AvgIpc) is 2.68. The molecular weight excluding hydrogens is 392 g/mol. The number of hydrazone groups is 1. The monoisotopic (exact) mass is 408 g/mol. The summed E-state index contributed by atoms with van der Waals surface area (Å²) in [6, 6.07) is 14.3. The van der Waals surface area contributed by atoms with Gasteiger partial charge in [0, 0.05) is 27.9 Å². The lowest BCUT2D eigenvalue weighted by molar-refractivity contribution is 0.101. The molecular formula is C21H17ClN4O3. The van der Waals surface area contributed by atoms with E-state index >= 15 is 0 Å². The zero-order valence-electron chi connectivity index (χ0n) is 15.7. The number of carbonyl (C=O) groups is 2. The van der Waals surface area contributed by atoms with Gasteiger partial charge >= 0.3 is 0 Å². The first-order chi connectivity index (χ1) is 13.8. The van der Waals surface area contributed by atoms with Crippen molar-refractivity contribution >= 4 is 34.6 Å². The molecule has 8 heteroatoms. The molecule has 0 aliphatic rings. The predicted octanol–water partition coefficient (Wildman–Crippen LogP) is 3.63. The number of ketones is 2. The fourth-order valence-electron chi connectivity index (χ4n) is 2.54. The number of aromatic nitrogens is 2. The van der Waals surface area contributed by atoms with E-state index in [9.17, 15) is 14.4 Å². The molecule has 0 amide bonds. The highest BCUT2D eigenvalue weighted by molar-refractivity contribution is 6.50. The van der Waals surface area contributed by atoms with Crippen molar-refractivity contribution in [2.24, 2.45) is 5.10 Å². The summed E-state index contributed by atoms with van der Waals surface area (Å²) >= 11 is 5.89. The van der Waals surface area contributed by atoms with Gasteiger partial charge in [0.1, 0.15) is 0 Å². The molecule has 3 rings (SSSR count). The molecule has 0 fully saturated rings. The van der Waals surface area contributed by atoms with Gasteiger partial charge in [-0.25, -0.2) is 4.98 Å². The number of benzene rings is 2. The molecule has 1 heterocycles. The minimum Gasteiger partial charge on any atom is -0.305 e. The summed E-state index contributed by atoms with van der Waals surface area (Å²) in [6.07, 6.45) is 0. The van der Waals surface area contributed by atoms with Crippen LogP contribution in [0.2, 0.25) is 5.02 Å². The Labute approximate surface area is 171 Å². The van der Waals surface area contributed by atoms with Crippen LogP contribution in [0, 0.1) is 6.92 Å². The molecule has 0 saturated carbocycles. The van der Waals surface area contributed by atoms with Crippen LogP contribution in [0.4, 0.5) is 5.69 Å². The summed E-state index contributed by atoms with van der Waals surface area (Å²) in [5, 5.41) is 4.68. The Bertz CT molecular complexity index is 1150. The fourth-order valence-corrected chi connectivity index (χ4v) is 2.67. The van der Waals surface area contributed by atoms with E-state index < -0.39 is 11.3 Å². The summed E-state index contributed by atoms with van der Waals surface area (Å²) in [5.41, 5.74) is 4.23. The van der Waals surface area contributed by atoms with Gasteiger partial charge in [-0.1, -0.05) is 11.6 Å². The highest BCUT2D eigenvalue weighted by Gasteiger charge is 2.19. The number of hydrogen-bond donors (Lipinski definition) is 2. The van der Waals surface area contributed by atoms with Crippen molar-refractivity contribution < 1.29 is 9.59 Å². The summed E-state index contributed by atoms with van der Waals surface area (Å²) in [6.45, 7) is 3.13. The molecule has 7 nitrogen and oxygen atoms in total. The van der Waals surface area contributed by atoms with Crippen LogP contribution < -0.4 is 11.0 Å². The van der Waals surface area contributed by atoms with Crippen LogP contribution >= 0.6 is 11.6 Å². The zero-order chi connectivity index (χ0) is 21.0. The maximum Gasteiger partial charge on any atom is 0.251 e. The summed E-state index contributed by atoms with van der Waals surface area (Å²) in [5.74, 6) is -0.453. The molecule has 0 radical (unpaired) electrons. The number of nitrogens with zero attached hydrogens (tertiary/aromatic N) is 2. The Balaban J connectivity index is 2.00. The molecule has 29 heavy (non-hydrogen) atoms. The number of carbonyl (C=O) groups excluding carboxylic acids is 2. The lowest BCUT2D eigenvalue weighted by Crippen LogP contribution is -2.24. The SMILES string of the molecule is CC(=O)c1ccc(N/N=C(/C(=O)c2ccc(Cl)cc2)c2nc(C)cc(=O)[nH]2)cc1. The van der Waals surface area contributed by atoms with Gasteiger partial charge < -0.3 is 4.98 Å². The van der Waals surface area contributed by atoms with Crippen LogP contribution in [-0.2, 0) is 0 Å². The molecule has 0 bridgehead atoms. The minimum absolute atomic E-state index is 0.0443. The number of nitrogens with one attached hydrogen (secondary N) is 2.